The zero-order valence-electron chi connectivity index (χ0n) is 20.0. The van der Waals surface area contributed by atoms with E-state index in [1.807, 2.05) is 0 Å². The largest absolute Gasteiger partial charge is 0.392 e. The molecule has 3 fully saturated rings. The number of allylic oxidation sites excluding steroid dienone is 1. The molecule has 2 aliphatic carbocycles. The maximum absolute atomic E-state index is 9.68. The van der Waals surface area contributed by atoms with Gasteiger partial charge in [0.05, 0.1) is 18.8 Å². The number of aliphatic hydroxyl groups is 1. The molecule has 2 aliphatic heterocycles. The molecule has 32 heavy (non-hydrogen) atoms. The molecule has 1 saturated carbocycles. The fourth-order valence-corrected chi connectivity index (χ4v) is 5.93. The van der Waals surface area contributed by atoms with E-state index in [0.29, 0.717) is 17.8 Å². The minimum atomic E-state index is -0.0619. The van der Waals surface area contributed by atoms with E-state index < -0.39 is 0 Å². The van der Waals surface area contributed by atoms with Crippen LogP contribution in [0.1, 0.15) is 84.0 Å². The first kappa shape index (κ1) is 24.4. The summed E-state index contributed by atoms with van der Waals surface area (Å²) in [5.74, 6) is 1.36. The topological polar surface area (TPSA) is 57.2 Å². The van der Waals surface area contributed by atoms with Crippen LogP contribution in [0, 0.1) is 17.8 Å². The number of unbranched alkanes of at least 4 members (excludes halogenated alkanes) is 2. The van der Waals surface area contributed by atoms with Crippen molar-refractivity contribution in [3.05, 3.63) is 23.8 Å². The molecule has 4 rings (SSSR count). The van der Waals surface area contributed by atoms with Gasteiger partial charge in [-0.25, -0.2) is 0 Å². The van der Waals surface area contributed by atoms with Crippen molar-refractivity contribution in [2.75, 3.05) is 19.8 Å². The Balaban J connectivity index is 1.42. The van der Waals surface area contributed by atoms with Crippen LogP contribution in [-0.4, -0.2) is 49.7 Å². The number of hydrogen-bond acceptors (Lipinski definition) is 5. The average Bonchev–Trinajstić information content (AvgIpc) is 3.36. The van der Waals surface area contributed by atoms with Crippen LogP contribution in [0.15, 0.2) is 23.8 Å². The van der Waals surface area contributed by atoms with Crippen molar-refractivity contribution in [2.24, 2.45) is 17.8 Å². The Morgan fingerprint density at radius 2 is 1.88 bits per heavy atom. The van der Waals surface area contributed by atoms with Gasteiger partial charge in [-0.15, -0.1) is 0 Å². The van der Waals surface area contributed by atoms with Gasteiger partial charge in [-0.2, -0.15) is 0 Å². The predicted octanol–water partition coefficient (Wildman–Crippen LogP) is 5.52. The van der Waals surface area contributed by atoms with Gasteiger partial charge in [0.25, 0.3) is 0 Å². The molecule has 5 heteroatoms. The molecule has 0 aromatic carbocycles. The molecule has 0 amide bonds. The maximum atomic E-state index is 9.68. The molecule has 2 saturated heterocycles. The number of fused-ring (bicyclic) bond motifs is 1. The number of rotatable bonds is 11. The molecule has 0 aromatic rings. The molecule has 0 spiro atoms. The van der Waals surface area contributed by atoms with E-state index >= 15 is 0 Å². The summed E-state index contributed by atoms with van der Waals surface area (Å²) in [4.78, 5) is 0. The Morgan fingerprint density at radius 1 is 1.09 bits per heavy atom. The lowest BCUT2D eigenvalue weighted by molar-refractivity contribution is -0.193. The quantitative estimate of drug-likeness (QED) is 0.333. The van der Waals surface area contributed by atoms with Gasteiger partial charge in [0.15, 0.2) is 12.6 Å². The lowest BCUT2D eigenvalue weighted by Gasteiger charge is -2.30. The second kappa shape index (κ2) is 12.7. The molecule has 1 N–H and O–H groups in total. The highest BCUT2D eigenvalue weighted by molar-refractivity contribution is 5.21. The first-order valence-electron chi connectivity index (χ1n) is 13.3. The molecule has 0 aromatic heterocycles. The molecule has 2 heterocycles. The summed E-state index contributed by atoms with van der Waals surface area (Å²) in [6.45, 7) is 4.06. The summed E-state index contributed by atoms with van der Waals surface area (Å²) in [5, 5.41) is 9.68. The van der Waals surface area contributed by atoms with Crippen molar-refractivity contribution in [2.45, 2.75) is 109 Å². The molecular weight excluding hydrogens is 404 g/mol. The Kier molecular flexibility index (Phi) is 9.66. The third-order valence-corrected chi connectivity index (χ3v) is 7.70. The van der Waals surface area contributed by atoms with E-state index in [0.717, 1.165) is 58.2 Å². The van der Waals surface area contributed by atoms with Crippen LogP contribution in [0.5, 0.6) is 0 Å². The van der Waals surface area contributed by atoms with Gasteiger partial charge in [0, 0.05) is 19.1 Å². The molecule has 2 unspecified atom stereocenters. The zero-order valence-corrected chi connectivity index (χ0v) is 20.0. The average molecular weight is 449 g/mol. The Bertz CT molecular complexity index is 605. The zero-order chi connectivity index (χ0) is 22.2. The second-order valence-electron chi connectivity index (χ2n) is 10.1. The normalized spacial score (nSPS) is 36.4. The van der Waals surface area contributed by atoms with Crippen molar-refractivity contribution in [1.29, 1.82) is 0 Å². The van der Waals surface area contributed by atoms with Gasteiger partial charge in [-0.05, 0) is 75.2 Å². The van der Waals surface area contributed by atoms with Gasteiger partial charge in [0.1, 0.15) is 0 Å². The Labute approximate surface area is 194 Å². The van der Waals surface area contributed by atoms with E-state index in [2.05, 4.69) is 25.2 Å². The predicted molar refractivity (Wildman–Crippen MR) is 125 cm³/mol. The highest BCUT2D eigenvalue weighted by Crippen LogP contribution is 2.49. The first-order chi connectivity index (χ1) is 15.8. The van der Waals surface area contributed by atoms with Crippen molar-refractivity contribution in [3.8, 4) is 0 Å². The lowest BCUT2D eigenvalue weighted by atomic mass is 9.89. The van der Waals surface area contributed by atoms with E-state index in [1.165, 1.54) is 37.7 Å². The maximum Gasteiger partial charge on any atom is 0.158 e. The highest BCUT2D eigenvalue weighted by Gasteiger charge is 2.45. The summed E-state index contributed by atoms with van der Waals surface area (Å²) in [7, 11) is 0. The van der Waals surface area contributed by atoms with Gasteiger partial charge in [0.2, 0.25) is 0 Å². The third-order valence-electron chi connectivity index (χ3n) is 7.70. The summed E-state index contributed by atoms with van der Waals surface area (Å²) in [6, 6.07) is 0. The van der Waals surface area contributed by atoms with Crippen LogP contribution in [0.4, 0.5) is 0 Å². The Hall–Kier alpha value is -0.720. The van der Waals surface area contributed by atoms with Crippen LogP contribution in [0.2, 0.25) is 0 Å². The van der Waals surface area contributed by atoms with E-state index in [4.69, 9.17) is 18.9 Å². The number of ether oxygens (including phenoxy) is 4. The van der Waals surface area contributed by atoms with Crippen LogP contribution in [-0.2, 0) is 18.9 Å². The van der Waals surface area contributed by atoms with Gasteiger partial charge < -0.3 is 24.1 Å². The molecule has 5 nitrogen and oxygen atoms in total. The highest BCUT2D eigenvalue weighted by atomic mass is 16.7. The molecular formula is C27H44O5. The molecule has 4 aliphatic rings. The smallest absolute Gasteiger partial charge is 0.158 e. The molecule has 7 atom stereocenters. The summed E-state index contributed by atoms with van der Waals surface area (Å²) < 4.78 is 24.7. The lowest BCUT2D eigenvalue weighted by Crippen LogP contribution is -2.31. The first-order valence-corrected chi connectivity index (χ1v) is 13.3. The van der Waals surface area contributed by atoms with Crippen molar-refractivity contribution in [1.82, 2.24) is 0 Å². The van der Waals surface area contributed by atoms with Crippen molar-refractivity contribution in [3.63, 3.8) is 0 Å². The van der Waals surface area contributed by atoms with Crippen LogP contribution < -0.4 is 0 Å². The fraction of sp³-hybridized carbons (Fsp3) is 0.852. The van der Waals surface area contributed by atoms with Crippen LogP contribution in [0.3, 0.4) is 0 Å². The molecule has 0 radical (unpaired) electrons. The van der Waals surface area contributed by atoms with Gasteiger partial charge >= 0.3 is 0 Å². The molecule has 182 valence electrons. The summed E-state index contributed by atoms with van der Waals surface area (Å²) in [5.41, 5.74) is 1.19. The number of hydrogen-bond donors (Lipinski definition) is 1. The van der Waals surface area contributed by atoms with E-state index in [9.17, 15) is 5.11 Å². The standard InChI is InChI=1S/C27H44O5/c1-2-3-4-9-22(31-26-10-5-7-14-29-26)12-13-23-24-17-20(19-28)16-21(24)18-25(23)32-27-11-6-8-15-30-27/h12-13,16,21-28H,2-11,14-15,17-19H2,1H3/t21-,22-,23-,24+,25+,26?,27?/m0/s1. The van der Waals surface area contributed by atoms with Gasteiger partial charge in [-0.3, -0.25) is 0 Å². The van der Waals surface area contributed by atoms with Crippen molar-refractivity contribution < 1.29 is 24.1 Å². The van der Waals surface area contributed by atoms with Crippen LogP contribution >= 0.6 is 0 Å². The third kappa shape index (κ3) is 6.66. The minimum Gasteiger partial charge on any atom is -0.392 e. The minimum absolute atomic E-state index is 0.0583. The van der Waals surface area contributed by atoms with Crippen LogP contribution in [0.25, 0.3) is 0 Å². The van der Waals surface area contributed by atoms with Crippen molar-refractivity contribution >= 4 is 0 Å². The number of aliphatic hydroxyl groups excluding tert-OH is 1. The summed E-state index contributed by atoms with van der Waals surface area (Å²) >= 11 is 0. The molecule has 0 bridgehead atoms. The monoisotopic (exact) mass is 448 g/mol. The van der Waals surface area contributed by atoms with E-state index in [-0.39, 0.29) is 31.4 Å². The SMILES string of the molecule is CCCCC[C@@H](C=C[C@H]1[C@@H]2CC(CO)=C[C@H]2C[C@H]1OC1CCCCO1)OC1CCCCO1. The summed E-state index contributed by atoms with van der Waals surface area (Å²) in [6.07, 6.45) is 20.5. The fourth-order valence-electron chi connectivity index (χ4n) is 5.93. The second-order valence-corrected chi connectivity index (χ2v) is 10.1. The van der Waals surface area contributed by atoms with E-state index in [1.54, 1.807) is 0 Å². The van der Waals surface area contributed by atoms with Gasteiger partial charge in [-0.1, -0.05) is 44.4 Å². The Morgan fingerprint density at radius 3 is 2.56 bits per heavy atom.